The number of fused-ring (bicyclic) bond motifs is 1. The highest BCUT2D eigenvalue weighted by atomic mass is 32.2. The van der Waals surface area contributed by atoms with Crippen LogP contribution in [0, 0.1) is 0 Å². The van der Waals surface area contributed by atoms with Crippen molar-refractivity contribution in [3.8, 4) is 0 Å². The molecule has 0 radical (unpaired) electrons. The number of benzene rings is 1. The molecule has 0 bridgehead atoms. The highest BCUT2D eigenvalue weighted by Crippen LogP contribution is 2.37. The maximum Gasteiger partial charge on any atom is 0.410 e. The van der Waals surface area contributed by atoms with Gasteiger partial charge in [0.05, 0.1) is 12.5 Å². The van der Waals surface area contributed by atoms with Gasteiger partial charge in [0.15, 0.2) is 6.04 Å². The van der Waals surface area contributed by atoms with E-state index >= 15 is 0 Å². The fraction of sp³-hybridized carbons (Fsp3) is 0.455. The number of piperidine rings is 1. The number of carbonyl (C=O) groups is 4. The minimum absolute atomic E-state index is 0.0281. The van der Waals surface area contributed by atoms with Crippen LogP contribution >= 0.6 is 0 Å². The van der Waals surface area contributed by atoms with Gasteiger partial charge in [0.25, 0.3) is 5.91 Å². The number of nitrogens with zero attached hydrogens (tertiary/aromatic N) is 2. The number of aliphatic hydroxyl groups excluding tert-OH is 1. The first-order chi connectivity index (χ1) is 16.3. The molecule has 34 heavy (non-hydrogen) atoms. The number of β-lactam (4-membered cyclic amide) rings is 1. The third-order valence-electron chi connectivity index (χ3n) is 6.02. The van der Waals surface area contributed by atoms with Gasteiger partial charge in [-0.25, -0.2) is 9.59 Å². The van der Waals surface area contributed by atoms with Crippen LogP contribution in [0.4, 0.5) is 4.79 Å². The summed E-state index contributed by atoms with van der Waals surface area (Å²) in [5.41, 5.74) is 0.437. The van der Waals surface area contributed by atoms with Crippen LogP contribution in [0.3, 0.4) is 0 Å². The Kier molecular flexibility index (Phi) is 7.10. The van der Waals surface area contributed by atoms with Gasteiger partial charge in [-0.3, -0.25) is 14.5 Å². The molecule has 1 aromatic carbocycles. The topological polar surface area (TPSA) is 160 Å². The van der Waals surface area contributed by atoms with Crippen molar-refractivity contribution in [2.24, 2.45) is 0 Å². The summed E-state index contributed by atoms with van der Waals surface area (Å²) < 4.78 is 18.1. The monoisotopic (exact) mass is 491 g/mol. The first-order valence-electron chi connectivity index (χ1n) is 10.8. The minimum atomic E-state index is -1.70. The van der Waals surface area contributed by atoms with Crippen LogP contribution in [0.15, 0.2) is 41.6 Å². The lowest BCUT2D eigenvalue weighted by Crippen LogP contribution is -2.75. The van der Waals surface area contributed by atoms with Gasteiger partial charge in [0, 0.05) is 18.7 Å². The Bertz CT molecular complexity index is 1010. The van der Waals surface area contributed by atoms with Crippen molar-refractivity contribution >= 4 is 35.1 Å². The van der Waals surface area contributed by atoms with Crippen molar-refractivity contribution in [3.63, 3.8) is 0 Å². The number of carbonyl (C=O) groups excluding carboxylic acids is 3. The van der Waals surface area contributed by atoms with E-state index in [4.69, 9.17) is 4.74 Å². The summed E-state index contributed by atoms with van der Waals surface area (Å²) in [6, 6.07) is 7.81. The van der Waals surface area contributed by atoms with Gasteiger partial charge < -0.3 is 29.7 Å². The van der Waals surface area contributed by atoms with E-state index in [-0.39, 0.29) is 23.4 Å². The molecule has 3 aliphatic heterocycles. The maximum atomic E-state index is 12.9. The van der Waals surface area contributed by atoms with Gasteiger partial charge in [-0.15, -0.1) is 0 Å². The number of rotatable bonds is 6. The number of carboxylic acids is 1. The molecule has 3 aliphatic rings. The van der Waals surface area contributed by atoms with Gasteiger partial charge in [-0.2, -0.15) is 0 Å². The number of hydrogen-bond acceptors (Lipinski definition) is 7. The third kappa shape index (κ3) is 4.88. The molecule has 1 aromatic rings. The van der Waals surface area contributed by atoms with E-state index in [2.05, 4.69) is 5.32 Å². The Balaban J connectivity index is 1.42. The molecule has 0 saturated carbocycles. The number of amides is 3. The fourth-order valence-corrected chi connectivity index (χ4v) is 5.93. The number of likely N-dealkylation sites (tertiary alicyclic amines) is 1. The molecule has 0 aliphatic carbocycles. The summed E-state index contributed by atoms with van der Waals surface area (Å²) in [4.78, 5) is 51.7. The summed E-state index contributed by atoms with van der Waals surface area (Å²) in [5.74, 6) is -2.72. The van der Waals surface area contributed by atoms with Crippen molar-refractivity contribution in [1.29, 1.82) is 0 Å². The van der Waals surface area contributed by atoms with E-state index in [0.29, 0.717) is 25.9 Å². The number of ether oxygens (including phenoxy) is 1. The Hall–Kier alpha value is -3.09. The fourth-order valence-electron chi connectivity index (χ4n) is 4.26. The molecule has 2 saturated heterocycles. The van der Waals surface area contributed by atoms with Crippen molar-refractivity contribution < 1.29 is 38.7 Å². The summed E-state index contributed by atoms with van der Waals surface area (Å²) in [6.45, 7) is 0.203. The molecule has 3 amide bonds. The van der Waals surface area contributed by atoms with Crippen molar-refractivity contribution in [1.82, 2.24) is 15.1 Å². The van der Waals surface area contributed by atoms with Crippen LogP contribution in [0.25, 0.3) is 0 Å². The number of hydrogen-bond donors (Lipinski definition) is 3. The second-order valence-electron chi connectivity index (χ2n) is 8.36. The largest absolute Gasteiger partial charge is 0.614 e. The normalized spacial score (nSPS) is 24.9. The van der Waals surface area contributed by atoms with Gasteiger partial charge in [-0.1, -0.05) is 30.3 Å². The number of aliphatic hydroxyl groups is 1. The van der Waals surface area contributed by atoms with Gasteiger partial charge >= 0.3 is 12.1 Å². The second kappa shape index (κ2) is 10.0. The van der Waals surface area contributed by atoms with E-state index < -0.39 is 59.2 Å². The molecule has 2 fully saturated rings. The Labute approximate surface area is 198 Å². The van der Waals surface area contributed by atoms with Crippen molar-refractivity contribution in [2.75, 3.05) is 25.4 Å². The summed E-state index contributed by atoms with van der Waals surface area (Å²) in [5, 5.41) is 20.8. The predicted octanol–water partition coefficient (Wildman–Crippen LogP) is -0.423. The lowest BCUT2D eigenvalue weighted by Gasteiger charge is -2.49. The highest BCUT2D eigenvalue weighted by Gasteiger charge is 2.61. The molecule has 11 nitrogen and oxygen atoms in total. The van der Waals surface area contributed by atoms with Crippen LogP contribution in [-0.2, 0) is 36.7 Å². The molecule has 3 atom stereocenters. The van der Waals surface area contributed by atoms with E-state index in [1.807, 2.05) is 6.07 Å². The highest BCUT2D eigenvalue weighted by molar-refractivity contribution is 7.92. The average Bonchev–Trinajstić information content (AvgIpc) is 2.81. The zero-order chi connectivity index (χ0) is 24.4. The van der Waals surface area contributed by atoms with Crippen molar-refractivity contribution in [3.05, 3.63) is 47.2 Å². The van der Waals surface area contributed by atoms with Gasteiger partial charge in [0.2, 0.25) is 11.3 Å². The molecule has 2 unspecified atom stereocenters. The van der Waals surface area contributed by atoms with Crippen LogP contribution < -0.4 is 5.32 Å². The molecule has 12 heteroatoms. The predicted molar refractivity (Wildman–Crippen MR) is 119 cm³/mol. The summed E-state index contributed by atoms with van der Waals surface area (Å²) in [7, 11) is 0. The molecule has 182 valence electrons. The number of nitrogens with one attached hydrogen (secondary N) is 1. The summed E-state index contributed by atoms with van der Waals surface area (Å²) >= 11 is -1.70. The van der Waals surface area contributed by atoms with E-state index in [1.165, 1.54) is 4.90 Å². The Morgan fingerprint density at radius 3 is 2.50 bits per heavy atom. The lowest BCUT2D eigenvalue weighted by atomic mass is 10.0. The van der Waals surface area contributed by atoms with Crippen LogP contribution in [0.2, 0.25) is 0 Å². The molecule has 4 rings (SSSR count). The van der Waals surface area contributed by atoms with Crippen molar-refractivity contribution in [2.45, 2.75) is 36.8 Å². The molecule has 3 heterocycles. The van der Waals surface area contributed by atoms with E-state index in [9.17, 15) is 33.9 Å². The third-order valence-corrected chi connectivity index (χ3v) is 7.68. The van der Waals surface area contributed by atoms with E-state index in [1.54, 1.807) is 24.3 Å². The lowest BCUT2D eigenvalue weighted by molar-refractivity contribution is -0.151. The second-order valence-corrected chi connectivity index (χ2v) is 9.89. The molecule has 0 spiro atoms. The Morgan fingerprint density at radius 1 is 1.18 bits per heavy atom. The van der Waals surface area contributed by atoms with Crippen LogP contribution in [0.1, 0.15) is 18.4 Å². The quantitative estimate of drug-likeness (QED) is 0.357. The SMILES string of the molecule is O=C(Cc1ccccc1)NC1C(=O)N2C(C(=O)O)=C(COC(=O)N3CCC(O)CC3)C[S+]([O-])[C@@H]12. The standard InChI is InChI=1S/C22H25N3O8S/c26-15-6-8-24(9-7-15)22(31)33-11-14-12-34(32)20-17(19(28)25(20)18(14)21(29)30)23-16(27)10-13-4-2-1-3-5-13/h1-5,15,17,20,26H,6-12H2,(H,23,27)(H,29,30)/t17?,20-,34?/m0/s1. The Morgan fingerprint density at radius 2 is 1.85 bits per heavy atom. The van der Waals surface area contributed by atoms with Gasteiger partial charge in [-0.05, 0) is 29.6 Å². The maximum absolute atomic E-state index is 12.9. The number of aliphatic carboxylic acids is 1. The number of carboxylic acid groups (broad SMARTS) is 1. The average molecular weight is 492 g/mol. The molecule has 3 N–H and O–H groups in total. The first-order valence-corrected chi connectivity index (χ1v) is 12.2. The van der Waals surface area contributed by atoms with E-state index in [0.717, 1.165) is 10.5 Å². The van der Waals surface area contributed by atoms with Gasteiger partial charge in [0.1, 0.15) is 18.1 Å². The zero-order valence-corrected chi connectivity index (χ0v) is 19.0. The molecular weight excluding hydrogens is 466 g/mol. The minimum Gasteiger partial charge on any atom is -0.614 e. The first kappa shape index (κ1) is 24.0. The summed E-state index contributed by atoms with van der Waals surface area (Å²) in [6.07, 6.45) is -0.271. The molecule has 0 aromatic heterocycles. The van der Waals surface area contributed by atoms with Crippen LogP contribution in [-0.4, -0.2) is 91.4 Å². The smallest absolute Gasteiger partial charge is 0.410 e. The van der Waals surface area contributed by atoms with Crippen LogP contribution in [0.5, 0.6) is 0 Å². The zero-order valence-electron chi connectivity index (χ0n) is 18.2. The molecular formula is C22H25N3O8S.